The molecule has 1 aromatic carbocycles. The maximum Gasteiger partial charge on any atom is 0.407 e. The summed E-state index contributed by atoms with van der Waals surface area (Å²) in [6.45, 7) is 11.6. The van der Waals surface area contributed by atoms with Crippen molar-refractivity contribution in [2.24, 2.45) is 11.8 Å². The van der Waals surface area contributed by atoms with Crippen LogP contribution in [0, 0.1) is 32.6 Å². The lowest BCUT2D eigenvalue weighted by Gasteiger charge is -2.32. The molecule has 1 amide bonds. The molecule has 0 unspecified atom stereocenters. The maximum absolute atomic E-state index is 13.6. The molecule has 4 rings (SSSR count). The summed E-state index contributed by atoms with van der Waals surface area (Å²) in [6, 6.07) is 4.07. The Hall–Kier alpha value is -2.34. The lowest BCUT2D eigenvalue weighted by atomic mass is 9.72. The van der Waals surface area contributed by atoms with Crippen LogP contribution in [0.5, 0.6) is 0 Å². The van der Waals surface area contributed by atoms with Crippen molar-refractivity contribution in [3.63, 3.8) is 0 Å². The van der Waals surface area contributed by atoms with Crippen molar-refractivity contribution < 1.29 is 24.2 Å². The number of aliphatic hydroxyl groups excluding tert-OH is 1. The Morgan fingerprint density at radius 2 is 1.90 bits per heavy atom. The van der Waals surface area contributed by atoms with Crippen LogP contribution in [0.1, 0.15) is 55.9 Å². The molecule has 2 aliphatic heterocycles. The third kappa shape index (κ3) is 3.22. The molecule has 0 saturated carbocycles. The standard InChI is InChI=1S/C24H31NO5/c1-12-9-13(2)16(14(3)10-12)18-20(26)17-15-7-8-24(30-15,19(17)21(18)27)11-29-22(28)25-23(4,5)6/h9-10,15,17,19,26H,7-8,11H2,1-6H3,(H,25,28)/t15-,17-,19+,24-/m0/s1. The number of benzene rings is 1. The number of carbonyl (C=O) groups is 2. The number of hydrogen-bond donors (Lipinski definition) is 2. The number of fused-ring (bicyclic) bond motifs is 5. The van der Waals surface area contributed by atoms with E-state index in [0.29, 0.717) is 12.0 Å². The van der Waals surface area contributed by atoms with Gasteiger partial charge in [-0.25, -0.2) is 4.79 Å². The molecular formula is C24H31NO5. The third-order valence-corrected chi connectivity index (χ3v) is 6.52. The SMILES string of the molecule is Cc1cc(C)c(C2=C(O)[C@H]3[C@@H]4CC[C@@](COC(=O)NC(C)(C)C)(O4)[C@H]3C2=O)c(C)c1. The Morgan fingerprint density at radius 1 is 1.27 bits per heavy atom. The number of Topliss-reactive ketones (excluding diaryl/α,β-unsaturated/α-hetero) is 1. The van der Waals surface area contributed by atoms with Crippen LogP contribution in [0.25, 0.3) is 5.57 Å². The molecule has 2 bridgehead atoms. The lowest BCUT2D eigenvalue weighted by Crippen LogP contribution is -2.47. The molecule has 2 heterocycles. The molecule has 2 fully saturated rings. The second-order valence-corrected chi connectivity index (χ2v) is 10.1. The predicted octanol–water partition coefficient (Wildman–Crippen LogP) is 4.15. The zero-order chi connectivity index (χ0) is 22.0. The summed E-state index contributed by atoms with van der Waals surface area (Å²) >= 11 is 0. The van der Waals surface area contributed by atoms with E-state index in [4.69, 9.17) is 9.47 Å². The first-order chi connectivity index (χ1) is 13.9. The first-order valence-electron chi connectivity index (χ1n) is 10.6. The van der Waals surface area contributed by atoms with Crippen molar-refractivity contribution in [3.8, 4) is 0 Å². The molecule has 4 atom stereocenters. The van der Waals surface area contributed by atoms with E-state index in [-0.39, 0.29) is 30.2 Å². The zero-order valence-electron chi connectivity index (χ0n) is 18.6. The van der Waals surface area contributed by atoms with Gasteiger partial charge in [-0.2, -0.15) is 0 Å². The van der Waals surface area contributed by atoms with E-state index in [1.807, 2.05) is 53.7 Å². The molecule has 6 heteroatoms. The summed E-state index contributed by atoms with van der Waals surface area (Å²) in [5, 5.41) is 13.9. The van der Waals surface area contributed by atoms with Crippen LogP contribution in [-0.4, -0.2) is 40.8 Å². The normalized spacial score (nSPS) is 30.1. The van der Waals surface area contributed by atoms with Gasteiger partial charge in [0.05, 0.1) is 23.5 Å². The van der Waals surface area contributed by atoms with Gasteiger partial charge in [0, 0.05) is 5.54 Å². The Bertz CT molecular complexity index is 934. The third-order valence-electron chi connectivity index (χ3n) is 6.52. The second-order valence-electron chi connectivity index (χ2n) is 10.1. The highest BCUT2D eigenvalue weighted by atomic mass is 16.6. The maximum atomic E-state index is 13.6. The number of aryl methyl sites for hydroxylation is 3. The van der Waals surface area contributed by atoms with Crippen molar-refractivity contribution in [1.82, 2.24) is 5.32 Å². The van der Waals surface area contributed by atoms with Crippen LogP contribution in [0.3, 0.4) is 0 Å². The fraction of sp³-hybridized carbons (Fsp3) is 0.583. The van der Waals surface area contributed by atoms with Crippen LogP contribution in [0.2, 0.25) is 0 Å². The number of rotatable bonds is 3. The van der Waals surface area contributed by atoms with E-state index >= 15 is 0 Å². The molecule has 1 aromatic rings. The van der Waals surface area contributed by atoms with Gasteiger partial charge in [0.1, 0.15) is 18.0 Å². The molecule has 162 valence electrons. The van der Waals surface area contributed by atoms with Gasteiger partial charge in [0.15, 0.2) is 5.78 Å². The smallest absolute Gasteiger partial charge is 0.407 e. The number of carbonyl (C=O) groups excluding carboxylic acids is 2. The molecule has 3 aliphatic rings. The fourth-order valence-corrected chi connectivity index (χ4v) is 5.57. The fourth-order valence-electron chi connectivity index (χ4n) is 5.57. The number of alkyl carbamates (subject to hydrolysis) is 1. The first kappa shape index (κ1) is 20.9. The van der Waals surface area contributed by atoms with E-state index in [0.717, 1.165) is 28.7 Å². The summed E-state index contributed by atoms with van der Waals surface area (Å²) in [7, 11) is 0. The number of amides is 1. The Kier molecular flexibility index (Phi) is 4.77. The Balaban J connectivity index is 1.63. The van der Waals surface area contributed by atoms with Gasteiger partial charge < -0.3 is 19.9 Å². The van der Waals surface area contributed by atoms with Crippen molar-refractivity contribution in [2.75, 3.05) is 6.61 Å². The minimum atomic E-state index is -0.871. The summed E-state index contributed by atoms with van der Waals surface area (Å²) in [5.74, 6) is -0.857. The second kappa shape index (κ2) is 6.84. The zero-order valence-corrected chi connectivity index (χ0v) is 18.6. The molecule has 0 radical (unpaired) electrons. The molecule has 0 aromatic heterocycles. The molecule has 0 spiro atoms. The number of aliphatic hydroxyl groups is 1. The van der Waals surface area contributed by atoms with Gasteiger partial charge in [-0.15, -0.1) is 0 Å². The minimum absolute atomic E-state index is 0.00470. The van der Waals surface area contributed by atoms with E-state index in [1.165, 1.54) is 0 Å². The summed E-state index contributed by atoms with van der Waals surface area (Å²) in [4.78, 5) is 25.8. The number of hydrogen-bond acceptors (Lipinski definition) is 5. The van der Waals surface area contributed by atoms with E-state index < -0.39 is 23.2 Å². The van der Waals surface area contributed by atoms with Crippen molar-refractivity contribution in [2.45, 2.75) is 71.6 Å². The Labute approximate surface area is 177 Å². The quantitative estimate of drug-likeness (QED) is 0.778. The summed E-state index contributed by atoms with van der Waals surface area (Å²) in [6.07, 6.45) is 0.624. The first-order valence-corrected chi connectivity index (χ1v) is 10.6. The van der Waals surface area contributed by atoms with Crippen LogP contribution < -0.4 is 5.32 Å². The number of allylic oxidation sites excluding steroid dienone is 1. The lowest BCUT2D eigenvalue weighted by molar-refractivity contribution is -0.125. The predicted molar refractivity (Wildman–Crippen MR) is 113 cm³/mol. The van der Waals surface area contributed by atoms with Gasteiger partial charge in [-0.1, -0.05) is 17.7 Å². The largest absolute Gasteiger partial charge is 0.511 e. The minimum Gasteiger partial charge on any atom is -0.511 e. The number of ketones is 1. The van der Waals surface area contributed by atoms with E-state index in [2.05, 4.69) is 5.32 Å². The van der Waals surface area contributed by atoms with Gasteiger partial charge >= 0.3 is 6.09 Å². The van der Waals surface area contributed by atoms with Crippen molar-refractivity contribution in [3.05, 3.63) is 40.1 Å². The van der Waals surface area contributed by atoms with Crippen LogP contribution in [0.15, 0.2) is 17.9 Å². The molecular weight excluding hydrogens is 382 g/mol. The highest BCUT2D eigenvalue weighted by Crippen LogP contribution is 2.59. The Morgan fingerprint density at radius 3 is 2.50 bits per heavy atom. The van der Waals surface area contributed by atoms with Gasteiger partial charge in [0.2, 0.25) is 0 Å². The average Bonchev–Trinajstić information content (AvgIpc) is 3.24. The number of nitrogens with one attached hydrogen (secondary N) is 1. The molecule has 6 nitrogen and oxygen atoms in total. The van der Waals surface area contributed by atoms with Crippen LogP contribution in [0.4, 0.5) is 4.79 Å². The molecule has 2 saturated heterocycles. The van der Waals surface area contributed by atoms with E-state index in [9.17, 15) is 14.7 Å². The van der Waals surface area contributed by atoms with Crippen molar-refractivity contribution >= 4 is 17.4 Å². The van der Waals surface area contributed by atoms with Crippen LogP contribution in [-0.2, 0) is 14.3 Å². The summed E-state index contributed by atoms with van der Waals surface area (Å²) < 4.78 is 11.7. The highest BCUT2D eigenvalue weighted by Gasteiger charge is 2.67. The van der Waals surface area contributed by atoms with E-state index in [1.54, 1.807) is 0 Å². The number of ether oxygens (including phenoxy) is 2. The molecule has 30 heavy (non-hydrogen) atoms. The molecule has 1 aliphatic carbocycles. The van der Waals surface area contributed by atoms with Gasteiger partial charge in [0.25, 0.3) is 0 Å². The summed E-state index contributed by atoms with van der Waals surface area (Å²) in [5.41, 5.74) is 3.03. The topological polar surface area (TPSA) is 84.9 Å². The van der Waals surface area contributed by atoms with Crippen LogP contribution >= 0.6 is 0 Å². The van der Waals surface area contributed by atoms with Gasteiger partial charge in [-0.05, 0) is 71.1 Å². The monoisotopic (exact) mass is 413 g/mol. The van der Waals surface area contributed by atoms with Crippen molar-refractivity contribution in [1.29, 1.82) is 0 Å². The molecule has 2 N–H and O–H groups in total. The average molecular weight is 414 g/mol. The highest BCUT2D eigenvalue weighted by molar-refractivity contribution is 6.26. The van der Waals surface area contributed by atoms with Gasteiger partial charge in [-0.3, -0.25) is 4.79 Å².